The molecule has 2 heteroatoms. The van der Waals surface area contributed by atoms with Crippen LogP contribution >= 0.6 is 0 Å². The van der Waals surface area contributed by atoms with E-state index in [1.165, 1.54) is 0 Å². The van der Waals surface area contributed by atoms with E-state index in [4.69, 9.17) is 10.2 Å². The summed E-state index contributed by atoms with van der Waals surface area (Å²) in [4.78, 5) is 0. The minimum absolute atomic E-state index is 0.593. The van der Waals surface area contributed by atoms with Crippen molar-refractivity contribution >= 4 is 0 Å². The molecule has 0 aromatic rings. The highest BCUT2D eigenvalue weighted by atomic mass is 16.5. The van der Waals surface area contributed by atoms with Crippen LogP contribution in [0.2, 0.25) is 0 Å². The predicted octanol–water partition coefficient (Wildman–Crippen LogP) is -0.252. The van der Waals surface area contributed by atoms with Crippen LogP contribution in [-0.4, -0.2) is 22.4 Å². The number of aliphatic hydroxyl groups is 2. The summed E-state index contributed by atoms with van der Waals surface area (Å²) in [6.07, 6.45) is -1.19. The van der Waals surface area contributed by atoms with Gasteiger partial charge in [-0.3, -0.25) is 0 Å². The molecule has 38 valence electrons. The van der Waals surface area contributed by atoms with Gasteiger partial charge < -0.3 is 10.2 Å². The fourth-order valence-corrected chi connectivity index (χ4v) is 0. The average Bonchev–Trinajstić information content (AvgIpc) is 1.36. The molecule has 0 aliphatic rings. The molecular weight excluding hydrogens is 84.0 g/mol. The Morgan fingerprint density at radius 3 is 1.17 bits per heavy atom. The lowest BCUT2D eigenvalue weighted by Gasteiger charge is -2.03. The summed E-state index contributed by atoms with van der Waals surface area (Å²) in [5.74, 6) is 0. The summed E-state index contributed by atoms with van der Waals surface area (Å²) in [5.41, 5.74) is 0. The molecule has 0 aromatic heterocycles. The summed E-state index contributed by atoms with van der Waals surface area (Å²) in [7, 11) is 0. The minimum atomic E-state index is -0.593. The molecule has 0 fully saturated rings. The van der Waals surface area contributed by atoms with Gasteiger partial charge in [-0.15, -0.1) is 0 Å². The maximum absolute atomic E-state index is 8.38. The van der Waals surface area contributed by atoms with E-state index in [9.17, 15) is 0 Å². The van der Waals surface area contributed by atoms with E-state index >= 15 is 0 Å². The van der Waals surface area contributed by atoms with Crippen molar-refractivity contribution in [2.24, 2.45) is 0 Å². The molecule has 0 rings (SSSR count). The zero-order chi connectivity index (χ0) is 5.15. The van der Waals surface area contributed by atoms with Crippen molar-refractivity contribution in [3.8, 4) is 0 Å². The molecule has 0 spiro atoms. The van der Waals surface area contributed by atoms with Crippen molar-refractivity contribution in [2.45, 2.75) is 26.1 Å². The first-order chi connectivity index (χ1) is 2.64. The Morgan fingerprint density at radius 2 is 1.17 bits per heavy atom. The minimum Gasteiger partial charge on any atom is -0.391 e. The van der Waals surface area contributed by atoms with E-state index in [0.29, 0.717) is 0 Å². The van der Waals surface area contributed by atoms with Crippen LogP contribution in [-0.2, 0) is 0 Å². The fraction of sp³-hybridized carbons (Fsp3) is 1.00. The van der Waals surface area contributed by atoms with Gasteiger partial charge in [0.25, 0.3) is 0 Å². The first-order valence-electron chi connectivity index (χ1n) is 2.00. The van der Waals surface area contributed by atoms with Crippen LogP contribution in [0.15, 0.2) is 0 Å². The SMILES string of the molecule is [13CH3][13CH](O)[13CH]([13CH3])O. The maximum Gasteiger partial charge on any atom is 0.0768 e. The molecule has 2 nitrogen and oxygen atoms in total. The average molecular weight is 94.1 g/mol. The third-order valence-corrected chi connectivity index (χ3v) is 0.698. The third-order valence-electron chi connectivity index (χ3n) is 0.698. The van der Waals surface area contributed by atoms with Crippen LogP contribution in [0.25, 0.3) is 0 Å². The molecule has 0 aromatic carbocycles. The first kappa shape index (κ1) is 5.92. The van der Waals surface area contributed by atoms with Crippen LogP contribution < -0.4 is 0 Å². The topological polar surface area (TPSA) is 40.5 Å². The Bertz CT molecular complexity index is 26.5. The predicted molar refractivity (Wildman–Crippen MR) is 23.4 cm³/mol. The highest BCUT2D eigenvalue weighted by molar-refractivity contribution is 4.50. The number of rotatable bonds is 1. The van der Waals surface area contributed by atoms with Crippen LogP contribution in [0.5, 0.6) is 0 Å². The normalized spacial score (nSPS) is 20.0. The quantitative estimate of drug-likeness (QED) is 0.440. The van der Waals surface area contributed by atoms with E-state index in [-0.39, 0.29) is 0 Å². The first-order valence-corrected chi connectivity index (χ1v) is 2.00. The molecular formula is C4H10O2. The van der Waals surface area contributed by atoms with Gasteiger partial charge in [0.2, 0.25) is 0 Å². The Balaban J connectivity index is 2.99. The van der Waals surface area contributed by atoms with E-state index in [2.05, 4.69) is 0 Å². The fourth-order valence-electron chi connectivity index (χ4n) is 0. The largest absolute Gasteiger partial charge is 0.391 e. The molecule has 0 bridgehead atoms. The standard InChI is InChI=1S/C4H10O2/c1-3(5)4(2)6/h3-6H,1-2H3/i1+1,2+1,3+1,4+1. The zero-order valence-corrected chi connectivity index (χ0v) is 4.05. The number of hydrogen-bond acceptors (Lipinski definition) is 2. The zero-order valence-electron chi connectivity index (χ0n) is 4.05. The van der Waals surface area contributed by atoms with Crippen molar-refractivity contribution in [1.82, 2.24) is 0 Å². The van der Waals surface area contributed by atoms with Gasteiger partial charge in [0, 0.05) is 0 Å². The van der Waals surface area contributed by atoms with Crippen molar-refractivity contribution in [1.29, 1.82) is 0 Å². The molecule has 0 aliphatic carbocycles. The Morgan fingerprint density at radius 1 is 1.00 bits per heavy atom. The lowest BCUT2D eigenvalue weighted by atomic mass is 11.2. The third kappa shape index (κ3) is 2.18. The maximum atomic E-state index is 8.38. The second-order valence-corrected chi connectivity index (χ2v) is 1.48. The van der Waals surface area contributed by atoms with Crippen molar-refractivity contribution in [3.05, 3.63) is 0 Å². The highest BCUT2D eigenvalue weighted by Gasteiger charge is 1.99. The summed E-state index contributed by atoms with van der Waals surface area (Å²) in [5, 5.41) is 16.8. The summed E-state index contributed by atoms with van der Waals surface area (Å²) in [6, 6.07) is 0. The van der Waals surface area contributed by atoms with Crippen molar-refractivity contribution < 1.29 is 10.2 Å². The Hall–Kier alpha value is -0.0800. The van der Waals surface area contributed by atoms with Crippen LogP contribution in [0.4, 0.5) is 0 Å². The molecule has 0 radical (unpaired) electrons. The molecule has 0 aliphatic heterocycles. The van der Waals surface area contributed by atoms with Gasteiger partial charge in [0.15, 0.2) is 0 Å². The molecule has 6 heavy (non-hydrogen) atoms. The van der Waals surface area contributed by atoms with Crippen molar-refractivity contribution in [2.75, 3.05) is 0 Å². The van der Waals surface area contributed by atoms with Crippen LogP contribution in [0, 0.1) is 0 Å². The summed E-state index contributed by atoms with van der Waals surface area (Å²) in [6.45, 7) is 3.09. The lowest BCUT2D eigenvalue weighted by molar-refractivity contribution is 0.0438. The molecule has 0 saturated carbocycles. The number of hydrogen-bond donors (Lipinski definition) is 2. The number of aliphatic hydroxyl groups excluding tert-OH is 2. The van der Waals surface area contributed by atoms with E-state index in [0.717, 1.165) is 0 Å². The molecule has 0 heterocycles. The highest BCUT2D eigenvalue weighted by Crippen LogP contribution is 1.85. The monoisotopic (exact) mass is 94.1 g/mol. The molecule has 2 atom stereocenters. The lowest BCUT2D eigenvalue weighted by Crippen LogP contribution is -2.17. The van der Waals surface area contributed by atoms with Gasteiger partial charge >= 0.3 is 0 Å². The van der Waals surface area contributed by atoms with Crippen LogP contribution in [0.3, 0.4) is 0 Å². The van der Waals surface area contributed by atoms with Gasteiger partial charge in [-0.1, -0.05) is 0 Å². The van der Waals surface area contributed by atoms with E-state index in [1.807, 2.05) is 0 Å². The van der Waals surface area contributed by atoms with Gasteiger partial charge in [0.05, 0.1) is 12.2 Å². The van der Waals surface area contributed by atoms with Crippen LogP contribution in [0.1, 0.15) is 13.8 Å². The van der Waals surface area contributed by atoms with Gasteiger partial charge in [0.1, 0.15) is 0 Å². The summed E-state index contributed by atoms with van der Waals surface area (Å²) >= 11 is 0. The molecule has 0 amide bonds. The van der Waals surface area contributed by atoms with Gasteiger partial charge in [-0.2, -0.15) is 0 Å². The van der Waals surface area contributed by atoms with E-state index in [1.54, 1.807) is 13.8 Å². The van der Waals surface area contributed by atoms with Crippen molar-refractivity contribution in [3.63, 3.8) is 0 Å². The second kappa shape index (κ2) is 2.16. The van der Waals surface area contributed by atoms with E-state index < -0.39 is 12.2 Å². The molecule has 2 unspecified atom stereocenters. The van der Waals surface area contributed by atoms with Gasteiger partial charge in [-0.05, 0) is 13.8 Å². The Kier molecular flexibility index (Phi) is 2.13. The molecule has 0 saturated heterocycles. The second-order valence-electron chi connectivity index (χ2n) is 1.48. The molecule has 2 N–H and O–H groups in total. The van der Waals surface area contributed by atoms with Gasteiger partial charge in [-0.25, -0.2) is 0 Å². The summed E-state index contributed by atoms with van der Waals surface area (Å²) < 4.78 is 0. The Labute approximate surface area is 37.4 Å². The smallest absolute Gasteiger partial charge is 0.0768 e.